The lowest BCUT2D eigenvalue weighted by Gasteiger charge is -2.18. The highest BCUT2D eigenvalue weighted by molar-refractivity contribution is 8.47. The van der Waals surface area contributed by atoms with Gasteiger partial charge in [0, 0.05) is 5.75 Å². The average Bonchev–Trinajstić information content (AvgIpc) is 1.99. The van der Waals surface area contributed by atoms with E-state index < -0.39 is 10.7 Å². The van der Waals surface area contributed by atoms with Gasteiger partial charge in [-0.05, 0) is 19.8 Å². The minimum atomic E-state index is -0.824. The largest absolute Gasteiger partial charge is 0.480 e. The first-order valence-electron chi connectivity index (χ1n) is 4.35. The van der Waals surface area contributed by atoms with Gasteiger partial charge in [0.05, 0.1) is 0 Å². The zero-order valence-electron chi connectivity index (χ0n) is 8.86. The predicted molar refractivity (Wildman–Crippen MR) is 69.2 cm³/mol. The van der Waals surface area contributed by atoms with Crippen LogP contribution in [0, 0.1) is 5.92 Å². The highest BCUT2D eigenvalue weighted by Crippen LogP contribution is 2.31. The van der Waals surface area contributed by atoms with Gasteiger partial charge in [0.2, 0.25) is 0 Å². The maximum absolute atomic E-state index is 10.8. The summed E-state index contributed by atoms with van der Waals surface area (Å²) < 4.78 is -0.104. The highest BCUT2D eigenvalue weighted by Gasteiger charge is 2.29. The summed E-state index contributed by atoms with van der Waals surface area (Å²) in [5, 5.41) is 8.88. The van der Waals surface area contributed by atoms with E-state index in [0.717, 1.165) is 5.75 Å². The molecule has 14 heavy (non-hydrogen) atoms. The molecule has 0 aliphatic heterocycles. The van der Waals surface area contributed by atoms with Gasteiger partial charge in [-0.25, -0.2) is 0 Å². The van der Waals surface area contributed by atoms with Crippen molar-refractivity contribution in [1.82, 2.24) is 0 Å². The molecule has 0 saturated heterocycles. The Morgan fingerprint density at radius 3 is 2.36 bits per heavy atom. The van der Waals surface area contributed by atoms with Crippen molar-refractivity contribution in [2.75, 3.05) is 5.75 Å². The fourth-order valence-electron chi connectivity index (χ4n) is 0.516. The molecule has 0 rings (SSSR count). The highest BCUT2D eigenvalue weighted by atomic mass is 32.2. The molecular weight excluding hydrogens is 236 g/mol. The van der Waals surface area contributed by atoms with Gasteiger partial charge in [-0.1, -0.05) is 37.8 Å². The second-order valence-corrected chi connectivity index (χ2v) is 7.72. The fraction of sp³-hybridized carbons (Fsp3) is 0.778. The molecule has 0 unspecified atom stereocenters. The first kappa shape index (κ1) is 14.3. The lowest BCUT2D eigenvalue weighted by Crippen LogP contribution is -2.28. The molecule has 0 aromatic carbocycles. The maximum atomic E-state index is 10.8. The van der Waals surface area contributed by atoms with Crippen LogP contribution in [0.2, 0.25) is 0 Å². The topological polar surface area (TPSA) is 37.3 Å². The summed E-state index contributed by atoms with van der Waals surface area (Å²) >= 11 is 7.91. The molecule has 0 aromatic rings. The van der Waals surface area contributed by atoms with E-state index in [9.17, 15) is 4.79 Å². The van der Waals surface area contributed by atoms with Crippen LogP contribution in [-0.2, 0) is 4.79 Å². The van der Waals surface area contributed by atoms with Gasteiger partial charge in [-0.15, -0.1) is 11.8 Å². The van der Waals surface area contributed by atoms with Gasteiger partial charge < -0.3 is 5.11 Å². The normalized spacial score (nSPS) is 11.8. The number of hydrogen-bond donors (Lipinski definition) is 1. The summed E-state index contributed by atoms with van der Waals surface area (Å²) in [6.07, 6.45) is 0. The Hall–Kier alpha value is 0.260. The predicted octanol–water partition coefficient (Wildman–Crippen LogP) is 3.26. The molecule has 2 nitrogen and oxygen atoms in total. The number of rotatable bonds is 4. The lowest BCUT2D eigenvalue weighted by atomic mass is 10.2. The molecule has 5 heteroatoms. The van der Waals surface area contributed by atoms with E-state index in [4.69, 9.17) is 17.3 Å². The number of carbonyl (C=O) groups is 1. The van der Waals surface area contributed by atoms with E-state index in [1.165, 1.54) is 11.8 Å². The monoisotopic (exact) mass is 252 g/mol. The standard InChI is InChI=1S/C9H16O2S3/c1-6(2)5-13-8(12)14-9(3,4)7(10)11/h6H,5H2,1-4H3,(H,10,11). The fourth-order valence-corrected chi connectivity index (χ4v) is 3.38. The van der Waals surface area contributed by atoms with Crippen molar-refractivity contribution in [3.63, 3.8) is 0 Å². The van der Waals surface area contributed by atoms with E-state index in [0.29, 0.717) is 9.45 Å². The summed E-state index contributed by atoms with van der Waals surface area (Å²) in [5.41, 5.74) is 0. The zero-order chi connectivity index (χ0) is 11.4. The van der Waals surface area contributed by atoms with Crippen LogP contribution in [0.3, 0.4) is 0 Å². The molecule has 0 aromatic heterocycles. The van der Waals surface area contributed by atoms with E-state index in [1.54, 1.807) is 25.6 Å². The van der Waals surface area contributed by atoms with Crippen LogP contribution in [0.5, 0.6) is 0 Å². The number of carboxylic acid groups (broad SMARTS) is 1. The Morgan fingerprint density at radius 2 is 2.00 bits per heavy atom. The summed E-state index contributed by atoms with van der Waals surface area (Å²) in [4.78, 5) is 10.8. The Morgan fingerprint density at radius 1 is 1.50 bits per heavy atom. The van der Waals surface area contributed by atoms with Crippen LogP contribution in [0.25, 0.3) is 0 Å². The van der Waals surface area contributed by atoms with Gasteiger partial charge in [0.25, 0.3) is 0 Å². The van der Waals surface area contributed by atoms with E-state index in [2.05, 4.69) is 13.8 Å². The summed E-state index contributed by atoms with van der Waals surface area (Å²) in [6, 6.07) is 0. The minimum Gasteiger partial charge on any atom is -0.480 e. The van der Waals surface area contributed by atoms with Crippen molar-refractivity contribution in [2.45, 2.75) is 32.4 Å². The summed E-state index contributed by atoms with van der Waals surface area (Å²) in [6.45, 7) is 7.57. The molecule has 0 bridgehead atoms. The van der Waals surface area contributed by atoms with Crippen molar-refractivity contribution >= 4 is 45.2 Å². The van der Waals surface area contributed by atoms with Gasteiger partial charge in [0.1, 0.15) is 8.28 Å². The Bertz CT molecular complexity index is 224. The average molecular weight is 252 g/mol. The van der Waals surface area contributed by atoms with E-state index in [-0.39, 0.29) is 0 Å². The van der Waals surface area contributed by atoms with E-state index in [1.807, 2.05) is 0 Å². The molecule has 0 saturated carbocycles. The van der Waals surface area contributed by atoms with Crippen LogP contribution < -0.4 is 0 Å². The second kappa shape index (κ2) is 5.98. The number of hydrogen-bond acceptors (Lipinski definition) is 4. The molecule has 0 radical (unpaired) electrons. The number of thiocarbonyl (C=S) groups is 1. The summed E-state index contributed by atoms with van der Waals surface area (Å²) in [7, 11) is 0. The third-order valence-electron chi connectivity index (χ3n) is 1.39. The molecule has 0 heterocycles. The van der Waals surface area contributed by atoms with Crippen molar-refractivity contribution in [1.29, 1.82) is 0 Å². The van der Waals surface area contributed by atoms with Crippen molar-refractivity contribution in [2.24, 2.45) is 5.92 Å². The molecular formula is C9H16O2S3. The second-order valence-electron chi connectivity index (χ2n) is 3.87. The zero-order valence-corrected chi connectivity index (χ0v) is 11.3. The molecule has 0 aliphatic carbocycles. The third-order valence-corrected chi connectivity index (χ3v) is 4.52. The molecule has 0 amide bonds. The van der Waals surface area contributed by atoms with Gasteiger partial charge in [0.15, 0.2) is 0 Å². The molecule has 82 valence electrons. The van der Waals surface area contributed by atoms with Crippen LogP contribution in [0.15, 0.2) is 0 Å². The third kappa shape index (κ3) is 5.88. The van der Waals surface area contributed by atoms with Crippen LogP contribution in [-0.4, -0.2) is 25.1 Å². The van der Waals surface area contributed by atoms with Crippen LogP contribution in [0.4, 0.5) is 0 Å². The van der Waals surface area contributed by atoms with Crippen molar-refractivity contribution in [3.05, 3.63) is 0 Å². The molecule has 0 atom stereocenters. The Labute approximate surface area is 99.2 Å². The first-order chi connectivity index (χ1) is 6.25. The Kier molecular flexibility index (Phi) is 6.09. The van der Waals surface area contributed by atoms with Crippen LogP contribution >= 0.6 is 35.7 Å². The van der Waals surface area contributed by atoms with E-state index >= 15 is 0 Å². The molecule has 0 fully saturated rings. The van der Waals surface area contributed by atoms with Gasteiger partial charge in [-0.2, -0.15) is 0 Å². The number of carboxylic acids is 1. The smallest absolute Gasteiger partial charge is 0.319 e. The van der Waals surface area contributed by atoms with Crippen molar-refractivity contribution in [3.8, 4) is 0 Å². The molecule has 0 aliphatic rings. The Balaban J connectivity index is 4.00. The minimum absolute atomic E-state index is 0.575. The lowest BCUT2D eigenvalue weighted by molar-refractivity contribution is -0.138. The van der Waals surface area contributed by atoms with Crippen molar-refractivity contribution < 1.29 is 9.90 Å². The number of aliphatic carboxylic acids is 1. The quantitative estimate of drug-likeness (QED) is 0.777. The molecule has 1 N–H and O–H groups in total. The first-order valence-corrected chi connectivity index (χ1v) is 6.56. The number of thioether (sulfide) groups is 2. The maximum Gasteiger partial charge on any atom is 0.319 e. The summed E-state index contributed by atoms with van der Waals surface area (Å²) in [5.74, 6) is 0.697. The van der Waals surface area contributed by atoms with Crippen LogP contribution in [0.1, 0.15) is 27.7 Å². The van der Waals surface area contributed by atoms with Gasteiger partial charge in [-0.3, -0.25) is 4.79 Å². The molecule has 0 spiro atoms. The SMILES string of the molecule is CC(C)CSC(=S)SC(C)(C)C(=O)O. The van der Waals surface area contributed by atoms with Gasteiger partial charge >= 0.3 is 5.97 Å².